The van der Waals surface area contributed by atoms with Crippen LogP contribution in [-0.2, 0) is 18.4 Å². The number of likely N-dealkylation sites (N-methyl/N-ethyl adjacent to an activating group) is 1. The fraction of sp³-hybridized carbons (Fsp3) is 0.886. The molecule has 8 nitrogen and oxygen atoms in total. The van der Waals surface area contributed by atoms with E-state index in [2.05, 4.69) is 55.6 Å². The molecule has 0 aliphatic heterocycles. The van der Waals surface area contributed by atoms with Gasteiger partial charge in [0.05, 0.1) is 39.9 Å². The number of hydrogen-bond donors (Lipinski definition) is 2. The Hall–Kier alpha value is -1.54. The first-order valence-electron chi connectivity index (χ1n) is 39.0. The third-order valence-corrected chi connectivity index (χ3v) is 19.0. The molecule has 88 heavy (non-hydrogen) atoms. The molecule has 2 N–H and O–H groups in total. The van der Waals surface area contributed by atoms with Crippen molar-refractivity contribution in [1.29, 1.82) is 0 Å². The molecule has 0 saturated carbocycles. The second kappa shape index (κ2) is 69.8. The summed E-state index contributed by atoms with van der Waals surface area (Å²) in [5.74, 6) is -0.189. The van der Waals surface area contributed by atoms with Gasteiger partial charge in [-0.15, -0.1) is 0 Å². The predicted octanol–water partition coefficient (Wildman–Crippen LogP) is 24.7. The highest BCUT2D eigenvalue weighted by atomic mass is 31.2. The molecule has 1 amide bonds. The van der Waals surface area contributed by atoms with Crippen molar-refractivity contribution in [3.63, 3.8) is 0 Å². The Morgan fingerprint density at radius 3 is 0.955 bits per heavy atom. The Labute approximate surface area is 549 Å². The lowest BCUT2D eigenvalue weighted by Crippen LogP contribution is -2.45. The largest absolute Gasteiger partial charge is 0.756 e. The van der Waals surface area contributed by atoms with Crippen molar-refractivity contribution in [3.8, 4) is 0 Å². The van der Waals surface area contributed by atoms with Crippen molar-refractivity contribution in [2.75, 3.05) is 40.9 Å². The fourth-order valence-corrected chi connectivity index (χ4v) is 12.7. The third kappa shape index (κ3) is 71.9. The first-order valence-corrected chi connectivity index (χ1v) is 40.5. The van der Waals surface area contributed by atoms with Crippen LogP contribution in [0, 0.1) is 0 Å². The maximum atomic E-state index is 13.1. The Balaban J connectivity index is 3.94. The molecule has 0 heterocycles. The van der Waals surface area contributed by atoms with E-state index in [9.17, 15) is 19.4 Å². The average molecular weight is 1260 g/mol. The van der Waals surface area contributed by atoms with Crippen molar-refractivity contribution in [1.82, 2.24) is 5.32 Å². The van der Waals surface area contributed by atoms with Crippen LogP contribution < -0.4 is 10.2 Å². The number of carbonyl (C=O) groups is 1. The minimum absolute atomic E-state index is 0.00109. The highest BCUT2D eigenvalue weighted by molar-refractivity contribution is 7.45. The Kier molecular flexibility index (Phi) is 68.6. The van der Waals surface area contributed by atoms with Gasteiger partial charge in [-0.25, -0.2) is 0 Å². The molecule has 520 valence electrons. The van der Waals surface area contributed by atoms with E-state index in [1.54, 1.807) is 6.08 Å². The van der Waals surface area contributed by atoms with E-state index < -0.39 is 20.0 Å². The van der Waals surface area contributed by atoms with Gasteiger partial charge in [-0.3, -0.25) is 9.36 Å². The first kappa shape index (κ1) is 86.5. The molecule has 3 atom stereocenters. The van der Waals surface area contributed by atoms with Gasteiger partial charge in [0.1, 0.15) is 13.2 Å². The Morgan fingerprint density at radius 1 is 0.398 bits per heavy atom. The summed E-state index contributed by atoms with van der Waals surface area (Å²) in [4.78, 5) is 25.7. The number of hydrogen-bond acceptors (Lipinski definition) is 6. The second-order valence-corrected chi connectivity index (χ2v) is 29.5. The van der Waals surface area contributed by atoms with E-state index in [1.807, 2.05) is 27.2 Å². The lowest BCUT2D eigenvalue weighted by molar-refractivity contribution is -0.870. The number of quaternary nitrogens is 1. The summed E-state index contributed by atoms with van der Waals surface area (Å²) in [5, 5.41) is 14.0. The third-order valence-electron chi connectivity index (χ3n) is 18.0. The number of phosphoric acid groups is 1. The summed E-state index contributed by atoms with van der Waals surface area (Å²) < 4.78 is 23.5. The van der Waals surface area contributed by atoms with E-state index in [4.69, 9.17) is 9.05 Å². The number of phosphoric ester groups is 1. The molecule has 0 spiro atoms. The monoisotopic (exact) mass is 1260 g/mol. The maximum Gasteiger partial charge on any atom is 0.268 e. The lowest BCUT2D eigenvalue weighted by Gasteiger charge is -2.29. The van der Waals surface area contributed by atoms with Gasteiger partial charge in [0, 0.05) is 6.42 Å². The summed E-state index contributed by atoms with van der Waals surface area (Å²) in [6.45, 7) is 4.70. The van der Waals surface area contributed by atoms with Crippen LogP contribution in [-0.4, -0.2) is 68.5 Å². The second-order valence-electron chi connectivity index (χ2n) is 28.1. The molecule has 0 rings (SSSR count). The molecule has 0 aromatic heterocycles. The van der Waals surface area contributed by atoms with Gasteiger partial charge in [0.2, 0.25) is 5.91 Å². The quantitative estimate of drug-likeness (QED) is 0.0272. The molecule has 0 aliphatic carbocycles. The van der Waals surface area contributed by atoms with Gasteiger partial charge in [-0.05, 0) is 57.8 Å². The molecule has 9 heteroatoms. The molecule has 0 fully saturated rings. The number of rotatable bonds is 73. The van der Waals surface area contributed by atoms with Crippen LogP contribution >= 0.6 is 7.82 Å². The molecular weight excluding hydrogens is 1100 g/mol. The highest BCUT2D eigenvalue weighted by Gasteiger charge is 2.23. The minimum Gasteiger partial charge on any atom is -0.756 e. The standard InChI is InChI=1S/C79H153N2O6P/c1-6-8-10-12-14-16-18-20-22-24-26-28-30-32-34-35-36-37-38-39-40-41-42-43-44-45-47-49-51-53-55-57-59-61-63-65-67-69-71-73-79(83)80-77(76-87-88(84,85)86-75-74-81(3,4)5)78(82)72-70-68-66-64-62-60-58-56-54-52-50-48-46-33-31-29-27-25-23-21-19-17-15-13-11-9-7-2/h18,20,24,26,30,32,70,72,77-78,82H,6-17,19,21-23,25,27-29,31,33-69,71,73-76H2,1-5H3,(H-,80,83,84,85)/b20-18-,26-24-,32-30-,72-70+. The van der Waals surface area contributed by atoms with Gasteiger partial charge in [-0.1, -0.05) is 383 Å². The van der Waals surface area contributed by atoms with Crippen LogP contribution in [0.3, 0.4) is 0 Å². The number of allylic oxidation sites excluding steroid dienone is 7. The topological polar surface area (TPSA) is 108 Å². The Bertz CT molecular complexity index is 1580. The Morgan fingerprint density at radius 2 is 0.659 bits per heavy atom. The van der Waals surface area contributed by atoms with Gasteiger partial charge in [0.15, 0.2) is 0 Å². The zero-order valence-electron chi connectivity index (χ0n) is 59.7. The summed E-state index contributed by atoms with van der Waals surface area (Å²) in [6, 6.07) is -0.887. The summed E-state index contributed by atoms with van der Waals surface area (Å²) >= 11 is 0. The van der Waals surface area contributed by atoms with Crippen LogP contribution in [0.15, 0.2) is 48.6 Å². The summed E-state index contributed by atoms with van der Waals surface area (Å²) in [5.41, 5.74) is 0. The number of nitrogens with one attached hydrogen (secondary N) is 1. The number of amides is 1. The summed E-state index contributed by atoms with van der Waals surface area (Å²) in [6.07, 6.45) is 95.5. The minimum atomic E-state index is -4.61. The predicted molar refractivity (Wildman–Crippen MR) is 385 cm³/mol. The van der Waals surface area contributed by atoms with Crippen LogP contribution in [0.4, 0.5) is 0 Å². The van der Waals surface area contributed by atoms with Gasteiger partial charge in [-0.2, -0.15) is 0 Å². The molecule has 0 saturated heterocycles. The van der Waals surface area contributed by atoms with Crippen molar-refractivity contribution in [2.45, 2.75) is 411 Å². The normalized spacial score (nSPS) is 13.8. The van der Waals surface area contributed by atoms with Crippen molar-refractivity contribution >= 4 is 13.7 Å². The van der Waals surface area contributed by atoms with Crippen LogP contribution in [0.2, 0.25) is 0 Å². The number of aliphatic hydroxyl groups excluding tert-OH is 1. The number of unbranched alkanes of at least 4 members (excludes halogenated alkanes) is 54. The van der Waals surface area contributed by atoms with Gasteiger partial charge < -0.3 is 28.8 Å². The van der Waals surface area contributed by atoms with Crippen molar-refractivity contribution in [2.24, 2.45) is 0 Å². The van der Waals surface area contributed by atoms with Crippen molar-refractivity contribution < 1.29 is 32.9 Å². The fourth-order valence-electron chi connectivity index (χ4n) is 12.0. The molecule has 0 aromatic rings. The number of nitrogens with zero attached hydrogens (tertiary/aromatic N) is 1. The zero-order chi connectivity index (χ0) is 64.1. The van der Waals surface area contributed by atoms with Gasteiger partial charge >= 0.3 is 0 Å². The smallest absolute Gasteiger partial charge is 0.268 e. The van der Waals surface area contributed by atoms with Crippen LogP contribution in [0.1, 0.15) is 399 Å². The molecule has 0 aromatic carbocycles. The summed E-state index contributed by atoms with van der Waals surface area (Å²) in [7, 11) is 1.28. The lowest BCUT2D eigenvalue weighted by atomic mass is 10.0. The number of aliphatic hydroxyl groups is 1. The van der Waals surface area contributed by atoms with E-state index in [1.165, 1.54) is 327 Å². The molecule has 3 unspecified atom stereocenters. The van der Waals surface area contributed by atoms with E-state index in [0.717, 1.165) is 51.4 Å². The van der Waals surface area contributed by atoms with Gasteiger partial charge in [0.25, 0.3) is 7.82 Å². The van der Waals surface area contributed by atoms with E-state index in [0.29, 0.717) is 17.4 Å². The molecule has 0 radical (unpaired) electrons. The first-order chi connectivity index (χ1) is 43.0. The molecular formula is C79H153N2O6P. The zero-order valence-corrected chi connectivity index (χ0v) is 60.6. The van der Waals surface area contributed by atoms with E-state index in [-0.39, 0.29) is 19.1 Å². The molecule has 0 bridgehead atoms. The SMILES string of the molecule is CCCCCCC/C=C\C/C=C\C/C=C\CCCCCCCCCCCCCCCCCCCCCCCCCCC(=O)NC(COP(=O)([O-])OCC[N+](C)(C)C)C(O)/C=C/CCCCCCCCCCCCCCCCCCCCCCCCCCC. The van der Waals surface area contributed by atoms with Crippen LogP contribution in [0.25, 0.3) is 0 Å². The maximum absolute atomic E-state index is 13.1. The van der Waals surface area contributed by atoms with Crippen LogP contribution in [0.5, 0.6) is 0 Å². The average Bonchev–Trinajstić information content (AvgIpc) is 3.70. The molecule has 0 aliphatic rings. The highest BCUT2D eigenvalue weighted by Crippen LogP contribution is 2.38. The number of carbonyl (C=O) groups excluding carboxylic acids is 1. The van der Waals surface area contributed by atoms with Crippen molar-refractivity contribution in [3.05, 3.63) is 48.6 Å². The van der Waals surface area contributed by atoms with E-state index >= 15 is 0 Å².